The van der Waals surface area contributed by atoms with Gasteiger partial charge in [0.15, 0.2) is 0 Å². The lowest BCUT2D eigenvalue weighted by molar-refractivity contribution is 0.0941. The van der Waals surface area contributed by atoms with Crippen LogP contribution in [0.25, 0.3) is 22.2 Å². The topological polar surface area (TPSA) is 134 Å². The average Bonchev–Trinajstić information content (AvgIpc) is 2.86. The standard InChI is InChI=1S/C26H28N4O4/c27-24(31)19-5-3-4-18(12-19)23-13-21(20-6-1-2-7-22(20)30-23)25(32)28-14-16-8-10-17(11-9-16)15-29-26(33)34/h1-7,12-13,16-17,29H,8-11,14-15H2,(H2,27,31)(H,28,32)(H,33,34)/t16-,17-. The van der Waals surface area contributed by atoms with Gasteiger partial charge >= 0.3 is 6.09 Å². The van der Waals surface area contributed by atoms with Crippen molar-refractivity contribution in [1.82, 2.24) is 15.6 Å². The number of carboxylic acid groups (broad SMARTS) is 1. The number of para-hydroxylation sites is 1. The van der Waals surface area contributed by atoms with E-state index in [1.165, 1.54) is 0 Å². The van der Waals surface area contributed by atoms with Gasteiger partial charge in [0.05, 0.1) is 16.8 Å². The molecule has 8 nitrogen and oxygen atoms in total. The average molecular weight is 461 g/mol. The number of nitrogens with one attached hydrogen (secondary N) is 2. The lowest BCUT2D eigenvalue weighted by Gasteiger charge is -2.28. The Kier molecular flexibility index (Phi) is 7.06. The highest BCUT2D eigenvalue weighted by molar-refractivity contribution is 6.07. The Morgan fingerprint density at radius 3 is 2.26 bits per heavy atom. The van der Waals surface area contributed by atoms with Crippen LogP contribution >= 0.6 is 0 Å². The third kappa shape index (κ3) is 5.51. The Bertz CT molecular complexity index is 1220. The van der Waals surface area contributed by atoms with Crippen molar-refractivity contribution in [2.24, 2.45) is 17.6 Å². The number of carbonyl (C=O) groups excluding carboxylic acids is 2. The molecule has 0 unspecified atom stereocenters. The Morgan fingerprint density at radius 2 is 1.59 bits per heavy atom. The van der Waals surface area contributed by atoms with Crippen molar-refractivity contribution in [3.8, 4) is 11.3 Å². The van der Waals surface area contributed by atoms with E-state index in [2.05, 4.69) is 10.6 Å². The first-order chi connectivity index (χ1) is 16.4. The first-order valence-corrected chi connectivity index (χ1v) is 11.5. The SMILES string of the molecule is NC(=O)c1cccc(-c2cc(C(=O)NC[C@H]3CC[C@H](CNC(=O)O)CC3)c3ccccc3n2)c1. The Hall–Kier alpha value is -3.94. The molecule has 0 atom stereocenters. The van der Waals surface area contributed by atoms with Gasteiger partial charge in [-0.25, -0.2) is 9.78 Å². The van der Waals surface area contributed by atoms with Crippen LogP contribution in [0.2, 0.25) is 0 Å². The van der Waals surface area contributed by atoms with E-state index in [4.69, 9.17) is 15.8 Å². The zero-order valence-corrected chi connectivity index (χ0v) is 18.8. The van der Waals surface area contributed by atoms with Crippen LogP contribution in [0.3, 0.4) is 0 Å². The van der Waals surface area contributed by atoms with E-state index >= 15 is 0 Å². The molecule has 0 aliphatic heterocycles. The molecule has 0 radical (unpaired) electrons. The largest absolute Gasteiger partial charge is 0.465 e. The van der Waals surface area contributed by atoms with E-state index < -0.39 is 12.0 Å². The van der Waals surface area contributed by atoms with Gasteiger partial charge < -0.3 is 21.5 Å². The molecule has 3 amide bonds. The monoisotopic (exact) mass is 460 g/mol. The van der Waals surface area contributed by atoms with Gasteiger partial charge in [-0.05, 0) is 61.8 Å². The van der Waals surface area contributed by atoms with Crippen molar-refractivity contribution in [3.63, 3.8) is 0 Å². The second kappa shape index (κ2) is 10.3. The smallest absolute Gasteiger partial charge is 0.404 e. The summed E-state index contributed by atoms with van der Waals surface area (Å²) >= 11 is 0. The molecule has 5 N–H and O–H groups in total. The quantitative estimate of drug-likeness (QED) is 0.425. The number of carbonyl (C=O) groups is 3. The maximum absolute atomic E-state index is 13.2. The summed E-state index contributed by atoms with van der Waals surface area (Å²) in [6.45, 7) is 1.05. The number of benzene rings is 2. The van der Waals surface area contributed by atoms with Crippen LogP contribution in [-0.4, -0.2) is 41.1 Å². The Balaban J connectivity index is 1.49. The first kappa shape index (κ1) is 23.2. The van der Waals surface area contributed by atoms with Gasteiger partial charge in [-0.3, -0.25) is 9.59 Å². The van der Waals surface area contributed by atoms with Crippen LogP contribution in [0, 0.1) is 11.8 Å². The third-order valence-corrected chi connectivity index (χ3v) is 6.46. The van der Waals surface area contributed by atoms with Crippen molar-refractivity contribution < 1.29 is 19.5 Å². The van der Waals surface area contributed by atoms with E-state index in [1.54, 1.807) is 24.3 Å². The minimum Gasteiger partial charge on any atom is -0.465 e. The van der Waals surface area contributed by atoms with Crippen LogP contribution in [-0.2, 0) is 0 Å². The number of rotatable bonds is 7. The summed E-state index contributed by atoms with van der Waals surface area (Å²) in [5, 5.41) is 15.1. The van der Waals surface area contributed by atoms with Crippen LogP contribution in [0.5, 0.6) is 0 Å². The van der Waals surface area contributed by atoms with Gasteiger partial charge in [0, 0.05) is 29.6 Å². The van der Waals surface area contributed by atoms with Crippen molar-refractivity contribution in [2.75, 3.05) is 13.1 Å². The zero-order valence-electron chi connectivity index (χ0n) is 18.8. The van der Waals surface area contributed by atoms with E-state index in [9.17, 15) is 14.4 Å². The zero-order chi connectivity index (χ0) is 24.1. The number of aromatic nitrogens is 1. The van der Waals surface area contributed by atoms with Gasteiger partial charge in [-0.2, -0.15) is 0 Å². The number of primary amides is 1. The van der Waals surface area contributed by atoms with E-state index in [-0.39, 0.29) is 5.91 Å². The fourth-order valence-electron chi connectivity index (χ4n) is 4.55. The normalized spacial score (nSPS) is 17.8. The molecule has 1 heterocycles. The van der Waals surface area contributed by atoms with Crippen LogP contribution in [0.1, 0.15) is 46.4 Å². The first-order valence-electron chi connectivity index (χ1n) is 11.5. The summed E-state index contributed by atoms with van der Waals surface area (Å²) in [5.41, 5.74) is 8.34. The number of nitrogens with two attached hydrogens (primary N) is 1. The van der Waals surface area contributed by atoms with Crippen LogP contribution < -0.4 is 16.4 Å². The molecule has 1 saturated carbocycles. The van der Waals surface area contributed by atoms with Crippen LogP contribution in [0.15, 0.2) is 54.6 Å². The number of nitrogens with zero attached hydrogens (tertiary/aromatic N) is 1. The second-order valence-electron chi connectivity index (χ2n) is 8.80. The molecule has 176 valence electrons. The van der Waals surface area contributed by atoms with E-state index in [0.29, 0.717) is 52.8 Å². The lowest BCUT2D eigenvalue weighted by atomic mass is 9.82. The molecular formula is C26H28N4O4. The molecule has 0 bridgehead atoms. The Labute approximate surface area is 197 Å². The molecule has 8 heteroatoms. The molecule has 0 saturated heterocycles. The fraction of sp³-hybridized carbons (Fsp3) is 0.308. The molecule has 3 aromatic rings. The molecule has 1 aliphatic carbocycles. The van der Waals surface area contributed by atoms with Gasteiger partial charge in [0.2, 0.25) is 5.91 Å². The maximum atomic E-state index is 13.2. The molecule has 1 aromatic heterocycles. The van der Waals surface area contributed by atoms with Crippen molar-refractivity contribution in [2.45, 2.75) is 25.7 Å². The minimum absolute atomic E-state index is 0.166. The molecule has 34 heavy (non-hydrogen) atoms. The predicted molar refractivity (Wildman–Crippen MR) is 130 cm³/mol. The lowest BCUT2D eigenvalue weighted by Crippen LogP contribution is -2.34. The fourth-order valence-corrected chi connectivity index (χ4v) is 4.55. The summed E-state index contributed by atoms with van der Waals surface area (Å²) in [6, 6.07) is 16.1. The van der Waals surface area contributed by atoms with E-state index in [0.717, 1.165) is 31.1 Å². The second-order valence-corrected chi connectivity index (χ2v) is 8.80. The van der Waals surface area contributed by atoms with Gasteiger partial charge in [0.25, 0.3) is 5.91 Å². The summed E-state index contributed by atoms with van der Waals surface area (Å²) in [7, 11) is 0. The van der Waals surface area contributed by atoms with Gasteiger partial charge in [-0.1, -0.05) is 30.3 Å². The summed E-state index contributed by atoms with van der Waals surface area (Å²) in [5.74, 6) is 0.0328. The number of hydrogen-bond donors (Lipinski definition) is 4. The number of amides is 3. The summed E-state index contributed by atoms with van der Waals surface area (Å²) in [4.78, 5) is 40.2. The number of pyridine rings is 1. The molecule has 1 aliphatic rings. The third-order valence-electron chi connectivity index (χ3n) is 6.46. The van der Waals surface area contributed by atoms with Gasteiger partial charge in [-0.15, -0.1) is 0 Å². The predicted octanol–water partition coefficient (Wildman–Crippen LogP) is 3.80. The summed E-state index contributed by atoms with van der Waals surface area (Å²) < 4.78 is 0. The molecular weight excluding hydrogens is 432 g/mol. The highest BCUT2D eigenvalue weighted by Gasteiger charge is 2.23. The van der Waals surface area contributed by atoms with Gasteiger partial charge in [0.1, 0.15) is 0 Å². The van der Waals surface area contributed by atoms with Crippen LogP contribution in [0.4, 0.5) is 4.79 Å². The number of fused-ring (bicyclic) bond motifs is 1. The molecule has 4 rings (SSSR count). The minimum atomic E-state index is -0.986. The van der Waals surface area contributed by atoms with Crippen molar-refractivity contribution >= 4 is 28.8 Å². The van der Waals surface area contributed by atoms with Crippen molar-refractivity contribution in [3.05, 3.63) is 65.7 Å². The van der Waals surface area contributed by atoms with Crippen molar-refractivity contribution in [1.29, 1.82) is 0 Å². The summed E-state index contributed by atoms with van der Waals surface area (Å²) in [6.07, 6.45) is 2.81. The molecule has 0 spiro atoms. The maximum Gasteiger partial charge on any atom is 0.404 e. The number of hydrogen-bond acceptors (Lipinski definition) is 4. The highest BCUT2D eigenvalue weighted by atomic mass is 16.4. The molecule has 2 aromatic carbocycles. The van der Waals surface area contributed by atoms with E-state index in [1.807, 2.05) is 30.3 Å². The highest BCUT2D eigenvalue weighted by Crippen LogP contribution is 2.29. The Morgan fingerprint density at radius 1 is 0.912 bits per heavy atom. The molecule has 1 fully saturated rings.